The molecular weight excluding hydrogens is 861 g/mol. The molecule has 0 aromatic heterocycles. The van der Waals surface area contributed by atoms with Gasteiger partial charge < -0.3 is 34.3 Å². The Morgan fingerprint density at radius 2 is 0.955 bits per heavy atom. The Bertz CT molecular complexity index is 1490. The smallest absolute Gasteiger partial charge is 0.306 e. The fraction of sp³-hybridized carbons (Fsp3) is 0.736. The van der Waals surface area contributed by atoms with Crippen LogP contribution in [0, 0.1) is 0 Å². The summed E-state index contributed by atoms with van der Waals surface area (Å²) in [6.45, 7) is 3.62. The first kappa shape index (κ1) is 61.1. The highest BCUT2D eigenvalue weighted by molar-refractivity contribution is 7.85. The predicted molar refractivity (Wildman–Crippen MR) is 265 cm³/mol. The molecule has 1 saturated heterocycles. The SMILES string of the molecule is CC/C=C\C/C=C\C/C=C\C/C=C\CCCCCCC(=O)OC(COC(=O)CCCCCCCCCCC/C=C\C/C=C\CCCCCCC)COC1OC(CS(=O)(=O)O)C(O)C(O)C1O. The molecule has 380 valence electrons. The Morgan fingerprint density at radius 3 is 1.42 bits per heavy atom. The number of hydrogen-bond donors (Lipinski definition) is 4. The molecule has 0 saturated carbocycles. The van der Waals surface area contributed by atoms with E-state index in [2.05, 4.69) is 86.8 Å². The zero-order chi connectivity index (χ0) is 48.4. The normalized spacial score (nSPS) is 20.0. The number of carbonyl (C=O) groups is 2. The summed E-state index contributed by atoms with van der Waals surface area (Å²) in [5.74, 6) is -2.03. The standard InChI is InChI=1S/C53H90O12S/c1-3-5-7-9-11-13-15-17-19-21-22-23-24-26-27-29-31-33-35-37-39-41-48(54)62-43-46(44-63-53-52(58)51(57)50(56)47(65-53)45-66(59,60)61)64-49(55)42-40-38-36-34-32-30-28-25-20-18-16-14-12-10-8-6-4-2/h6,8,12,14-15,17-18,20-22,28,30,46-47,50-53,56-58H,3-5,7,9-11,13,16,19,23-27,29,31-45H2,1-2H3,(H,59,60,61)/b8-6-,14-12-,17-15-,20-18-,22-21-,30-28-. The number of rotatable bonds is 42. The molecule has 1 fully saturated rings. The fourth-order valence-electron chi connectivity index (χ4n) is 7.34. The lowest BCUT2D eigenvalue weighted by molar-refractivity contribution is -0.297. The summed E-state index contributed by atoms with van der Waals surface area (Å²) in [6.07, 6.45) is 45.1. The molecule has 1 heterocycles. The maximum atomic E-state index is 12.9. The molecule has 1 aliphatic rings. The van der Waals surface area contributed by atoms with Crippen LogP contribution in [0.15, 0.2) is 72.9 Å². The summed E-state index contributed by atoms with van der Waals surface area (Å²) in [7, 11) is -4.61. The first-order valence-corrected chi connectivity index (χ1v) is 27.1. The molecule has 6 atom stereocenters. The molecule has 0 radical (unpaired) electrons. The van der Waals surface area contributed by atoms with Crippen molar-refractivity contribution < 1.29 is 56.8 Å². The van der Waals surface area contributed by atoms with Gasteiger partial charge in [0.05, 0.1) is 6.61 Å². The number of aliphatic hydroxyl groups excluding tert-OH is 3. The average molecular weight is 951 g/mol. The van der Waals surface area contributed by atoms with Crippen LogP contribution in [0.25, 0.3) is 0 Å². The Morgan fingerprint density at radius 1 is 0.530 bits per heavy atom. The summed E-state index contributed by atoms with van der Waals surface area (Å²) in [5.41, 5.74) is 0. The van der Waals surface area contributed by atoms with E-state index < -0.39 is 71.2 Å². The molecule has 0 aromatic carbocycles. The average Bonchev–Trinajstić information content (AvgIpc) is 3.28. The molecule has 0 aliphatic carbocycles. The first-order valence-electron chi connectivity index (χ1n) is 25.5. The Labute approximate surface area is 399 Å². The number of allylic oxidation sites excluding steroid dienone is 12. The summed E-state index contributed by atoms with van der Waals surface area (Å²) >= 11 is 0. The van der Waals surface area contributed by atoms with Gasteiger partial charge in [-0.2, -0.15) is 8.42 Å². The van der Waals surface area contributed by atoms with E-state index in [0.717, 1.165) is 83.5 Å². The number of carbonyl (C=O) groups excluding carboxylic acids is 2. The van der Waals surface area contributed by atoms with Crippen molar-refractivity contribution in [2.75, 3.05) is 19.0 Å². The van der Waals surface area contributed by atoms with Crippen molar-refractivity contribution in [2.45, 2.75) is 230 Å². The minimum Gasteiger partial charge on any atom is -0.462 e. The van der Waals surface area contributed by atoms with Gasteiger partial charge in [-0.25, -0.2) is 0 Å². The lowest BCUT2D eigenvalue weighted by atomic mass is 10.00. The van der Waals surface area contributed by atoms with Crippen LogP contribution in [-0.2, 0) is 38.7 Å². The second kappa shape index (κ2) is 42.2. The van der Waals surface area contributed by atoms with E-state index in [4.69, 9.17) is 18.9 Å². The number of aliphatic hydroxyl groups is 3. The maximum absolute atomic E-state index is 12.9. The van der Waals surface area contributed by atoms with Gasteiger partial charge in [0.15, 0.2) is 12.4 Å². The number of esters is 2. The van der Waals surface area contributed by atoms with Crippen LogP contribution in [0.2, 0.25) is 0 Å². The van der Waals surface area contributed by atoms with Crippen molar-refractivity contribution in [3.63, 3.8) is 0 Å². The van der Waals surface area contributed by atoms with E-state index in [0.29, 0.717) is 12.8 Å². The van der Waals surface area contributed by atoms with Crippen LogP contribution in [0.1, 0.15) is 194 Å². The highest BCUT2D eigenvalue weighted by Gasteiger charge is 2.46. The Hall–Kier alpha value is -2.91. The molecule has 1 aliphatic heterocycles. The molecule has 13 heteroatoms. The second-order valence-electron chi connectivity index (χ2n) is 17.4. The molecule has 4 N–H and O–H groups in total. The van der Waals surface area contributed by atoms with E-state index >= 15 is 0 Å². The zero-order valence-electron chi connectivity index (χ0n) is 40.8. The molecule has 1 rings (SSSR count). The summed E-state index contributed by atoms with van der Waals surface area (Å²) in [5, 5.41) is 31.0. The lowest BCUT2D eigenvalue weighted by Gasteiger charge is -2.40. The minimum absolute atomic E-state index is 0.132. The van der Waals surface area contributed by atoms with Crippen molar-refractivity contribution in [3.05, 3.63) is 72.9 Å². The minimum atomic E-state index is -4.61. The van der Waals surface area contributed by atoms with E-state index in [1.165, 1.54) is 70.6 Å². The molecule has 66 heavy (non-hydrogen) atoms. The highest BCUT2D eigenvalue weighted by Crippen LogP contribution is 2.24. The van der Waals surface area contributed by atoms with E-state index in [1.807, 2.05) is 0 Å². The van der Waals surface area contributed by atoms with Crippen molar-refractivity contribution in [1.29, 1.82) is 0 Å². The van der Waals surface area contributed by atoms with Gasteiger partial charge in [0, 0.05) is 12.8 Å². The van der Waals surface area contributed by atoms with E-state index in [9.17, 15) is 37.9 Å². The van der Waals surface area contributed by atoms with Crippen molar-refractivity contribution in [2.24, 2.45) is 0 Å². The molecule has 12 nitrogen and oxygen atoms in total. The summed E-state index contributed by atoms with van der Waals surface area (Å²) in [4.78, 5) is 25.5. The Kier molecular flexibility index (Phi) is 39.1. The molecular formula is C53H90O12S. The topological polar surface area (TPSA) is 186 Å². The van der Waals surface area contributed by atoms with Gasteiger partial charge >= 0.3 is 11.9 Å². The molecule has 0 bridgehead atoms. The monoisotopic (exact) mass is 951 g/mol. The summed E-state index contributed by atoms with van der Waals surface area (Å²) in [6, 6.07) is 0. The molecule has 0 spiro atoms. The second-order valence-corrected chi connectivity index (χ2v) is 18.9. The number of hydrogen-bond acceptors (Lipinski definition) is 11. The third-order valence-electron chi connectivity index (χ3n) is 11.3. The van der Waals surface area contributed by atoms with Crippen LogP contribution >= 0.6 is 0 Å². The van der Waals surface area contributed by atoms with Crippen LogP contribution in [0.4, 0.5) is 0 Å². The van der Waals surface area contributed by atoms with Gasteiger partial charge in [0.25, 0.3) is 10.1 Å². The molecule has 0 aromatic rings. The van der Waals surface area contributed by atoms with Crippen LogP contribution in [0.5, 0.6) is 0 Å². The van der Waals surface area contributed by atoms with Crippen LogP contribution < -0.4 is 0 Å². The van der Waals surface area contributed by atoms with Crippen molar-refractivity contribution in [1.82, 2.24) is 0 Å². The van der Waals surface area contributed by atoms with Crippen molar-refractivity contribution in [3.8, 4) is 0 Å². The predicted octanol–water partition coefficient (Wildman–Crippen LogP) is 11.5. The molecule has 0 amide bonds. The van der Waals surface area contributed by atoms with Crippen molar-refractivity contribution >= 4 is 22.1 Å². The lowest BCUT2D eigenvalue weighted by Crippen LogP contribution is -2.60. The highest BCUT2D eigenvalue weighted by atomic mass is 32.2. The third kappa shape index (κ3) is 36.2. The van der Waals surface area contributed by atoms with E-state index in [-0.39, 0.29) is 19.4 Å². The van der Waals surface area contributed by atoms with Gasteiger partial charge in [-0.05, 0) is 83.5 Å². The Balaban J connectivity index is 2.40. The zero-order valence-corrected chi connectivity index (χ0v) is 41.6. The maximum Gasteiger partial charge on any atom is 0.306 e. The van der Waals surface area contributed by atoms with Gasteiger partial charge in [0.2, 0.25) is 0 Å². The van der Waals surface area contributed by atoms with Gasteiger partial charge in [-0.15, -0.1) is 0 Å². The van der Waals surface area contributed by atoms with Gasteiger partial charge in [-0.1, -0.05) is 170 Å². The largest absolute Gasteiger partial charge is 0.462 e. The van der Waals surface area contributed by atoms with Crippen LogP contribution in [-0.4, -0.2) is 96.0 Å². The molecule has 6 unspecified atom stereocenters. The van der Waals surface area contributed by atoms with E-state index in [1.54, 1.807) is 0 Å². The first-order chi connectivity index (χ1) is 32.0. The fourth-order valence-corrected chi connectivity index (χ4v) is 8.04. The van der Waals surface area contributed by atoms with Gasteiger partial charge in [-0.3, -0.25) is 14.1 Å². The van der Waals surface area contributed by atoms with Gasteiger partial charge in [0.1, 0.15) is 36.8 Å². The summed E-state index contributed by atoms with van der Waals surface area (Å²) < 4.78 is 54.2. The third-order valence-corrected chi connectivity index (χ3v) is 12.0. The van der Waals surface area contributed by atoms with Crippen LogP contribution in [0.3, 0.4) is 0 Å². The number of ether oxygens (including phenoxy) is 4. The quantitative estimate of drug-likeness (QED) is 0.0197. The number of unbranched alkanes of at least 4 members (excludes halogenated alkanes) is 18.